The van der Waals surface area contributed by atoms with E-state index in [9.17, 15) is 27.1 Å². The average molecular weight is 388 g/mol. The number of ether oxygens (including phenoxy) is 1. The first-order valence-corrected chi connectivity index (χ1v) is 7.95. The van der Waals surface area contributed by atoms with Gasteiger partial charge in [0.25, 0.3) is 5.92 Å². The van der Waals surface area contributed by atoms with Crippen LogP contribution in [0.4, 0.5) is 22.0 Å². The molecule has 1 aliphatic rings. The standard InChI is InChI=1S/C16H9F5N2O2S/c17-15(18)6-9-10(25-12-3-1-2-8(7-22)23-12)4-5-11(13(9)14(15)24)26-16(19,20)21/h1-5,14,24H,6H2. The molecule has 1 heterocycles. The summed E-state index contributed by atoms with van der Waals surface area (Å²) >= 11 is -0.576. The smallest absolute Gasteiger partial charge is 0.439 e. The van der Waals surface area contributed by atoms with Gasteiger partial charge >= 0.3 is 5.51 Å². The van der Waals surface area contributed by atoms with Gasteiger partial charge in [-0.25, -0.2) is 13.8 Å². The van der Waals surface area contributed by atoms with E-state index in [-0.39, 0.29) is 22.9 Å². The number of benzene rings is 1. The maximum atomic E-state index is 13.9. The zero-order chi connectivity index (χ0) is 19.1. The van der Waals surface area contributed by atoms with Gasteiger partial charge in [0, 0.05) is 28.5 Å². The Bertz CT molecular complexity index is 895. The first-order chi connectivity index (χ1) is 12.1. The number of nitriles is 1. The fraction of sp³-hybridized carbons (Fsp3) is 0.250. The summed E-state index contributed by atoms with van der Waals surface area (Å²) in [5.41, 5.74) is -5.41. The second kappa shape index (κ2) is 6.41. The maximum absolute atomic E-state index is 13.9. The average Bonchev–Trinajstić information content (AvgIpc) is 2.79. The van der Waals surface area contributed by atoms with Gasteiger partial charge in [-0.15, -0.1) is 0 Å². The number of hydrogen-bond acceptors (Lipinski definition) is 5. The molecule has 26 heavy (non-hydrogen) atoms. The molecule has 0 spiro atoms. The number of hydrogen-bond donors (Lipinski definition) is 1. The van der Waals surface area contributed by atoms with Crippen molar-refractivity contribution in [3.05, 3.63) is 47.2 Å². The number of halogens is 5. The minimum Gasteiger partial charge on any atom is -0.439 e. The molecule has 0 saturated carbocycles. The zero-order valence-corrected chi connectivity index (χ0v) is 13.5. The largest absolute Gasteiger partial charge is 0.446 e. The van der Waals surface area contributed by atoms with Crippen LogP contribution in [0.15, 0.2) is 35.2 Å². The number of aliphatic hydroxyl groups excluding tert-OH is 1. The molecule has 1 aromatic carbocycles. The topological polar surface area (TPSA) is 66.1 Å². The molecule has 1 aliphatic carbocycles. The van der Waals surface area contributed by atoms with Gasteiger partial charge in [0.1, 0.15) is 23.6 Å². The number of rotatable bonds is 3. The first-order valence-electron chi connectivity index (χ1n) is 7.13. The van der Waals surface area contributed by atoms with Crippen molar-refractivity contribution >= 4 is 11.8 Å². The monoisotopic (exact) mass is 388 g/mol. The summed E-state index contributed by atoms with van der Waals surface area (Å²) in [6, 6.07) is 8.09. The highest BCUT2D eigenvalue weighted by atomic mass is 32.2. The number of thioether (sulfide) groups is 1. The van der Waals surface area contributed by atoms with Crippen LogP contribution in [0.1, 0.15) is 22.9 Å². The molecule has 10 heteroatoms. The molecule has 1 N–H and O–H groups in total. The van der Waals surface area contributed by atoms with Crippen LogP contribution in [-0.4, -0.2) is 21.5 Å². The molecular weight excluding hydrogens is 379 g/mol. The summed E-state index contributed by atoms with van der Waals surface area (Å²) in [5, 5.41) is 18.6. The van der Waals surface area contributed by atoms with Crippen molar-refractivity contribution in [3.63, 3.8) is 0 Å². The van der Waals surface area contributed by atoms with Crippen molar-refractivity contribution in [1.82, 2.24) is 4.98 Å². The van der Waals surface area contributed by atoms with Crippen LogP contribution < -0.4 is 4.74 Å². The fourth-order valence-electron chi connectivity index (χ4n) is 2.60. The van der Waals surface area contributed by atoms with E-state index in [1.165, 1.54) is 18.2 Å². The van der Waals surface area contributed by atoms with E-state index in [1.807, 2.05) is 0 Å². The summed E-state index contributed by atoms with van der Waals surface area (Å²) < 4.78 is 71.3. The van der Waals surface area contributed by atoms with Crippen LogP contribution >= 0.6 is 11.8 Å². The van der Waals surface area contributed by atoms with E-state index < -0.39 is 46.2 Å². The van der Waals surface area contributed by atoms with Gasteiger partial charge in [0.15, 0.2) is 0 Å². The predicted octanol–water partition coefficient (Wildman–Crippen LogP) is 4.58. The van der Waals surface area contributed by atoms with Crippen LogP contribution in [0.5, 0.6) is 11.6 Å². The molecule has 1 atom stereocenters. The molecule has 2 aromatic rings. The lowest BCUT2D eigenvalue weighted by Crippen LogP contribution is -2.21. The second-order valence-corrected chi connectivity index (χ2v) is 6.52. The Morgan fingerprint density at radius 1 is 1.27 bits per heavy atom. The summed E-state index contributed by atoms with van der Waals surface area (Å²) in [6.07, 6.45) is -3.34. The Balaban J connectivity index is 2.05. The third-order valence-electron chi connectivity index (χ3n) is 3.64. The van der Waals surface area contributed by atoms with Crippen LogP contribution in [0.3, 0.4) is 0 Å². The van der Waals surface area contributed by atoms with Crippen LogP contribution in [0, 0.1) is 11.3 Å². The highest BCUT2D eigenvalue weighted by Crippen LogP contribution is 2.52. The lowest BCUT2D eigenvalue weighted by Gasteiger charge is -2.17. The summed E-state index contributed by atoms with van der Waals surface area (Å²) in [4.78, 5) is 3.32. The third-order valence-corrected chi connectivity index (χ3v) is 4.45. The number of aliphatic hydroxyl groups is 1. The quantitative estimate of drug-likeness (QED) is 0.616. The molecule has 0 fully saturated rings. The van der Waals surface area contributed by atoms with Gasteiger partial charge in [0.05, 0.1) is 0 Å². The summed E-state index contributed by atoms with van der Waals surface area (Å²) in [6.45, 7) is 0. The summed E-state index contributed by atoms with van der Waals surface area (Å²) in [5.74, 6) is -3.84. The molecule has 3 rings (SSSR count). The minimum absolute atomic E-state index is 0.0220. The Morgan fingerprint density at radius 2 is 2.00 bits per heavy atom. The highest BCUT2D eigenvalue weighted by Gasteiger charge is 2.50. The molecule has 0 amide bonds. The number of alkyl halides is 5. The third kappa shape index (κ3) is 3.59. The van der Waals surface area contributed by atoms with Gasteiger partial charge in [-0.1, -0.05) is 6.07 Å². The number of pyridine rings is 1. The van der Waals surface area contributed by atoms with Crippen molar-refractivity contribution in [2.45, 2.75) is 28.9 Å². The minimum atomic E-state index is -4.70. The van der Waals surface area contributed by atoms with Crippen molar-refractivity contribution in [1.29, 1.82) is 5.26 Å². The van der Waals surface area contributed by atoms with Crippen LogP contribution in [0.25, 0.3) is 0 Å². The number of nitrogens with zero attached hydrogens (tertiary/aromatic N) is 2. The maximum Gasteiger partial charge on any atom is 0.446 e. The van der Waals surface area contributed by atoms with Gasteiger partial charge in [-0.2, -0.15) is 18.4 Å². The Kier molecular flexibility index (Phi) is 4.54. The van der Waals surface area contributed by atoms with Crippen molar-refractivity contribution in [2.24, 2.45) is 0 Å². The number of fused-ring (bicyclic) bond motifs is 1. The molecule has 136 valence electrons. The first kappa shape index (κ1) is 18.4. The Morgan fingerprint density at radius 3 is 2.65 bits per heavy atom. The molecule has 0 bridgehead atoms. The molecular formula is C16H9F5N2O2S. The molecule has 4 nitrogen and oxygen atoms in total. The molecule has 0 aliphatic heterocycles. The van der Waals surface area contributed by atoms with Crippen molar-refractivity contribution in [3.8, 4) is 17.7 Å². The molecule has 0 saturated heterocycles. The van der Waals surface area contributed by atoms with E-state index in [4.69, 9.17) is 10.00 Å². The molecule has 0 radical (unpaired) electrons. The zero-order valence-electron chi connectivity index (χ0n) is 12.7. The van der Waals surface area contributed by atoms with Crippen molar-refractivity contribution in [2.75, 3.05) is 0 Å². The lowest BCUT2D eigenvalue weighted by atomic mass is 10.1. The van der Waals surface area contributed by atoms with E-state index in [0.29, 0.717) is 0 Å². The van der Waals surface area contributed by atoms with Gasteiger partial charge in [-0.05, 0) is 30.0 Å². The fourth-order valence-corrected chi connectivity index (χ4v) is 3.33. The highest BCUT2D eigenvalue weighted by molar-refractivity contribution is 8.00. The van der Waals surface area contributed by atoms with Crippen LogP contribution in [0.2, 0.25) is 0 Å². The summed E-state index contributed by atoms with van der Waals surface area (Å²) in [7, 11) is 0. The van der Waals surface area contributed by atoms with E-state index >= 15 is 0 Å². The predicted molar refractivity (Wildman–Crippen MR) is 81.0 cm³/mol. The van der Waals surface area contributed by atoms with E-state index in [1.54, 1.807) is 6.07 Å². The van der Waals surface area contributed by atoms with Gasteiger partial charge < -0.3 is 9.84 Å². The van der Waals surface area contributed by atoms with Crippen molar-refractivity contribution < 1.29 is 31.8 Å². The Hall–Kier alpha value is -2.38. The normalized spacial score (nSPS) is 18.3. The van der Waals surface area contributed by atoms with Gasteiger partial charge in [-0.3, -0.25) is 0 Å². The Labute approximate surface area is 148 Å². The van der Waals surface area contributed by atoms with E-state index in [0.717, 1.165) is 12.1 Å². The number of aromatic nitrogens is 1. The SMILES string of the molecule is N#Cc1cccc(Oc2ccc(SC(F)(F)F)c3c2CC(F)(F)C3O)n1. The second-order valence-electron chi connectivity index (χ2n) is 5.42. The van der Waals surface area contributed by atoms with E-state index in [2.05, 4.69) is 4.98 Å². The van der Waals surface area contributed by atoms with Crippen LogP contribution in [-0.2, 0) is 6.42 Å². The molecule has 1 aromatic heterocycles. The van der Waals surface area contributed by atoms with Gasteiger partial charge in [0.2, 0.25) is 5.88 Å². The molecule has 1 unspecified atom stereocenters. The lowest BCUT2D eigenvalue weighted by molar-refractivity contribution is -0.0977.